The second kappa shape index (κ2) is 19.2. The van der Waals surface area contributed by atoms with Crippen molar-refractivity contribution in [2.24, 2.45) is 0 Å². The molecule has 0 aliphatic rings. The van der Waals surface area contributed by atoms with Crippen molar-refractivity contribution in [1.29, 1.82) is 0 Å². The van der Waals surface area contributed by atoms with Crippen molar-refractivity contribution >= 4 is 5.97 Å². The van der Waals surface area contributed by atoms with Crippen LogP contribution in [0.25, 0.3) is 0 Å². The summed E-state index contributed by atoms with van der Waals surface area (Å²) in [5.74, 6) is -0.0528. The van der Waals surface area contributed by atoms with Crippen LogP contribution in [0, 0.1) is 0 Å². The van der Waals surface area contributed by atoms with E-state index in [0.29, 0.717) is 6.42 Å². The van der Waals surface area contributed by atoms with Crippen LogP contribution in [0.3, 0.4) is 0 Å². The maximum Gasteiger partial charge on any atom is 0.306 e. The normalized spacial score (nSPS) is 12.6. The van der Waals surface area contributed by atoms with E-state index in [2.05, 4.69) is 38.2 Å². The van der Waals surface area contributed by atoms with E-state index in [9.17, 15) is 4.79 Å². The predicted octanol–water partition coefficient (Wildman–Crippen LogP) is 8.88. The van der Waals surface area contributed by atoms with Gasteiger partial charge in [-0.3, -0.25) is 4.79 Å². The molecule has 168 valence electrons. The smallest absolute Gasteiger partial charge is 0.306 e. The fourth-order valence-electron chi connectivity index (χ4n) is 3.52. The lowest BCUT2D eigenvalue weighted by molar-refractivity contribution is -0.150. The van der Waals surface area contributed by atoms with E-state index < -0.39 is 0 Å². The number of unbranched alkanes of at least 4 members (excludes halogenated alkanes) is 8. The van der Waals surface area contributed by atoms with Gasteiger partial charge in [0.25, 0.3) is 0 Å². The second-order valence-electron chi connectivity index (χ2n) is 8.16. The predicted molar refractivity (Wildman–Crippen MR) is 130 cm³/mol. The van der Waals surface area contributed by atoms with Crippen molar-refractivity contribution in [1.82, 2.24) is 0 Å². The second-order valence-corrected chi connectivity index (χ2v) is 8.16. The Hall–Kier alpha value is -1.83. The summed E-state index contributed by atoms with van der Waals surface area (Å²) in [6.07, 6.45) is 24.7. The number of benzene rings is 1. The zero-order chi connectivity index (χ0) is 21.7. The van der Waals surface area contributed by atoms with Gasteiger partial charge in [0.1, 0.15) is 6.10 Å². The Bertz CT molecular complexity index is 574. The molecule has 1 unspecified atom stereocenters. The van der Waals surface area contributed by atoms with E-state index in [0.717, 1.165) is 37.7 Å². The molecule has 0 heterocycles. The lowest BCUT2D eigenvalue weighted by atomic mass is 10.1. The largest absolute Gasteiger partial charge is 0.457 e. The van der Waals surface area contributed by atoms with Crippen LogP contribution in [0.5, 0.6) is 0 Å². The van der Waals surface area contributed by atoms with Crippen LogP contribution in [0.1, 0.15) is 115 Å². The van der Waals surface area contributed by atoms with Gasteiger partial charge in [-0.25, -0.2) is 0 Å². The molecule has 0 aliphatic carbocycles. The molecule has 0 radical (unpaired) electrons. The molecule has 30 heavy (non-hydrogen) atoms. The Morgan fingerprint density at radius 3 is 2.10 bits per heavy atom. The number of hydrogen-bond donors (Lipinski definition) is 0. The summed E-state index contributed by atoms with van der Waals surface area (Å²) in [5.41, 5.74) is 1.10. The Kier molecular flexibility index (Phi) is 16.7. The molecule has 0 aromatic heterocycles. The molecule has 0 fully saturated rings. The van der Waals surface area contributed by atoms with Gasteiger partial charge in [0, 0.05) is 6.42 Å². The van der Waals surface area contributed by atoms with Crippen molar-refractivity contribution in [2.75, 3.05) is 0 Å². The molecule has 0 aliphatic heterocycles. The topological polar surface area (TPSA) is 26.3 Å². The van der Waals surface area contributed by atoms with Gasteiger partial charge < -0.3 is 4.74 Å². The summed E-state index contributed by atoms with van der Waals surface area (Å²) in [7, 11) is 0. The number of carbonyl (C=O) groups excluding carboxylic acids is 1. The average molecular weight is 413 g/mol. The van der Waals surface area contributed by atoms with E-state index in [-0.39, 0.29) is 12.1 Å². The molecular weight excluding hydrogens is 368 g/mol. The summed E-state index contributed by atoms with van der Waals surface area (Å²) >= 11 is 0. The van der Waals surface area contributed by atoms with Gasteiger partial charge in [-0.2, -0.15) is 0 Å². The quantitative estimate of drug-likeness (QED) is 0.137. The summed E-state index contributed by atoms with van der Waals surface area (Å²) in [4.78, 5) is 12.2. The maximum absolute atomic E-state index is 12.2. The van der Waals surface area contributed by atoms with E-state index in [4.69, 9.17) is 4.74 Å². The number of ether oxygens (including phenoxy) is 1. The Labute approximate surface area is 185 Å². The first-order valence-electron chi connectivity index (χ1n) is 12.3. The van der Waals surface area contributed by atoms with Crippen LogP contribution in [0.15, 0.2) is 54.6 Å². The molecule has 1 atom stereocenters. The first kappa shape index (κ1) is 26.2. The number of allylic oxidation sites excluding steroid dienone is 4. The standard InChI is InChI=1S/C28H44O2/c1-3-5-6-7-8-9-10-11-12-13-14-15-16-17-21-25-28(29)30-27(22-4-2)26-23-19-18-20-24-26/h8-9,11-12,18-20,23-24,27H,3-7,10,13-17,21-22,25H2,1-2H3/b9-8-,12-11-. The summed E-state index contributed by atoms with van der Waals surface area (Å²) in [6, 6.07) is 10.1. The number of esters is 1. The molecule has 0 spiro atoms. The van der Waals surface area contributed by atoms with Crippen molar-refractivity contribution in [3.63, 3.8) is 0 Å². The highest BCUT2D eigenvalue weighted by Crippen LogP contribution is 2.23. The molecule has 0 amide bonds. The van der Waals surface area contributed by atoms with Gasteiger partial charge in [0.15, 0.2) is 0 Å². The van der Waals surface area contributed by atoms with E-state index in [1.807, 2.05) is 30.3 Å². The molecule has 0 saturated heterocycles. The van der Waals surface area contributed by atoms with E-state index in [1.54, 1.807) is 0 Å². The van der Waals surface area contributed by atoms with Gasteiger partial charge in [-0.05, 0) is 50.5 Å². The van der Waals surface area contributed by atoms with Gasteiger partial charge in [0.05, 0.1) is 0 Å². The van der Waals surface area contributed by atoms with Crippen LogP contribution >= 0.6 is 0 Å². The van der Waals surface area contributed by atoms with Crippen LogP contribution in [-0.2, 0) is 9.53 Å². The molecule has 0 N–H and O–H groups in total. The highest BCUT2D eigenvalue weighted by atomic mass is 16.5. The van der Waals surface area contributed by atoms with Gasteiger partial charge in [-0.15, -0.1) is 0 Å². The van der Waals surface area contributed by atoms with E-state index in [1.165, 1.54) is 51.4 Å². The fourth-order valence-corrected chi connectivity index (χ4v) is 3.52. The summed E-state index contributed by atoms with van der Waals surface area (Å²) < 4.78 is 5.74. The molecule has 0 saturated carbocycles. The zero-order valence-electron chi connectivity index (χ0n) is 19.5. The molecule has 0 bridgehead atoms. The lowest BCUT2D eigenvalue weighted by Gasteiger charge is -2.17. The molecule has 1 rings (SSSR count). The van der Waals surface area contributed by atoms with Crippen molar-refractivity contribution in [2.45, 2.75) is 110 Å². The van der Waals surface area contributed by atoms with Crippen molar-refractivity contribution < 1.29 is 9.53 Å². The van der Waals surface area contributed by atoms with Crippen LogP contribution in [-0.4, -0.2) is 5.97 Å². The Morgan fingerprint density at radius 2 is 1.43 bits per heavy atom. The molecule has 2 heteroatoms. The van der Waals surface area contributed by atoms with Gasteiger partial charge in [0.2, 0.25) is 0 Å². The summed E-state index contributed by atoms with van der Waals surface area (Å²) in [6.45, 7) is 4.38. The molecular formula is C28H44O2. The SMILES string of the molecule is CCCCC/C=C\C/C=C\CCCCCCCC(=O)OC(CCC)c1ccccc1. The molecule has 1 aromatic carbocycles. The lowest BCUT2D eigenvalue weighted by Crippen LogP contribution is -2.11. The number of hydrogen-bond acceptors (Lipinski definition) is 2. The third kappa shape index (κ3) is 14.2. The zero-order valence-corrected chi connectivity index (χ0v) is 19.5. The molecule has 2 nitrogen and oxygen atoms in total. The Morgan fingerprint density at radius 1 is 0.800 bits per heavy atom. The van der Waals surface area contributed by atoms with Crippen LogP contribution in [0.2, 0.25) is 0 Å². The summed E-state index contributed by atoms with van der Waals surface area (Å²) in [5, 5.41) is 0. The molecule has 1 aromatic rings. The fraction of sp³-hybridized carbons (Fsp3) is 0.607. The first-order chi connectivity index (χ1) is 14.8. The van der Waals surface area contributed by atoms with Gasteiger partial charge >= 0.3 is 5.97 Å². The maximum atomic E-state index is 12.2. The monoisotopic (exact) mass is 412 g/mol. The minimum absolute atomic E-state index is 0.0528. The number of rotatable bonds is 18. The van der Waals surface area contributed by atoms with Crippen molar-refractivity contribution in [3.05, 3.63) is 60.2 Å². The van der Waals surface area contributed by atoms with Crippen LogP contribution < -0.4 is 0 Å². The Balaban J connectivity index is 2.01. The van der Waals surface area contributed by atoms with Crippen molar-refractivity contribution in [3.8, 4) is 0 Å². The first-order valence-corrected chi connectivity index (χ1v) is 12.3. The average Bonchev–Trinajstić information content (AvgIpc) is 2.76. The van der Waals surface area contributed by atoms with Gasteiger partial charge in [-0.1, -0.05) is 107 Å². The minimum atomic E-state index is -0.0957. The highest BCUT2D eigenvalue weighted by molar-refractivity contribution is 5.69. The third-order valence-electron chi connectivity index (χ3n) is 5.33. The third-order valence-corrected chi connectivity index (χ3v) is 5.33. The minimum Gasteiger partial charge on any atom is -0.457 e. The van der Waals surface area contributed by atoms with E-state index >= 15 is 0 Å². The number of carbonyl (C=O) groups is 1. The van der Waals surface area contributed by atoms with Crippen LogP contribution in [0.4, 0.5) is 0 Å². The highest BCUT2D eigenvalue weighted by Gasteiger charge is 2.15.